The minimum Gasteiger partial charge on any atom is -0.311 e. The van der Waals surface area contributed by atoms with Crippen molar-refractivity contribution in [1.82, 2.24) is 9.97 Å². The second-order valence-electron chi connectivity index (χ2n) is 3.73. The van der Waals surface area contributed by atoms with Crippen molar-refractivity contribution in [2.45, 2.75) is 13.8 Å². The van der Waals surface area contributed by atoms with E-state index in [1.54, 1.807) is 19.9 Å². The Balaban J connectivity index is 2.62. The molecule has 16 heavy (non-hydrogen) atoms. The zero-order valence-corrected chi connectivity index (χ0v) is 9.04. The van der Waals surface area contributed by atoms with Crippen LogP contribution in [-0.2, 0) is 0 Å². The van der Waals surface area contributed by atoms with Gasteiger partial charge in [0.1, 0.15) is 11.6 Å². The topological polar surface area (TPSA) is 45.8 Å². The monoisotopic (exact) mass is 218 g/mol. The van der Waals surface area contributed by atoms with Crippen LogP contribution in [0.5, 0.6) is 0 Å². The van der Waals surface area contributed by atoms with Crippen LogP contribution in [-0.4, -0.2) is 9.97 Å². The molecule has 3 nitrogen and oxygen atoms in total. The molecule has 0 atom stereocenters. The molecule has 0 spiro atoms. The number of aromatic nitrogens is 2. The van der Waals surface area contributed by atoms with Gasteiger partial charge in [-0.2, -0.15) is 0 Å². The maximum Gasteiger partial charge on any atom is 0.251 e. The number of benzene rings is 1. The van der Waals surface area contributed by atoms with Gasteiger partial charge in [-0.05, 0) is 37.6 Å². The van der Waals surface area contributed by atoms with Gasteiger partial charge in [0, 0.05) is 11.6 Å². The third-order valence-electron chi connectivity index (χ3n) is 2.20. The summed E-state index contributed by atoms with van der Waals surface area (Å²) in [5.41, 5.74) is 1.68. The fourth-order valence-electron chi connectivity index (χ4n) is 1.61. The molecule has 0 aliphatic carbocycles. The van der Waals surface area contributed by atoms with Crippen molar-refractivity contribution < 1.29 is 4.39 Å². The number of H-pyrrole nitrogens is 1. The van der Waals surface area contributed by atoms with Gasteiger partial charge in [-0.15, -0.1) is 0 Å². The van der Waals surface area contributed by atoms with Crippen molar-refractivity contribution in [3.8, 4) is 11.3 Å². The van der Waals surface area contributed by atoms with Gasteiger partial charge in [-0.1, -0.05) is 0 Å². The Bertz CT molecular complexity index is 570. The lowest BCUT2D eigenvalue weighted by molar-refractivity contribution is 0.627. The minimum absolute atomic E-state index is 0.232. The first-order valence-corrected chi connectivity index (χ1v) is 4.90. The molecule has 2 aromatic rings. The minimum atomic E-state index is -0.324. The second-order valence-corrected chi connectivity index (χ2v) is 3.73. The average Bonchev–Trinajstić information content (AvgIpc) is 2.14. The first kappa shape index (κ1) is 10.5. The maximum atomic E-state index is 13.2. The Morgan fingerprint density at radius 3 is 2.56 bits per heavy atom. The molecule has 0 unspecified atom stereocenters. The van der Waals surface area contributed by atoms with Crippen LogP contribution in [0.4, 0.5) is 4.39 Å². The molecule has 0 aliphatic heterocycles. The van der Waals surface area contributed by atoms with Gasteiger partial charge in [0.2, 0.25) is 0 Å². The zero-order chi connectivity index (χ0) is 11.7. The lowest BCUT2D eigenvalue weighted by atomic mass is 10.1. The molecular formula is C12H11FN2O. The molecule has 82 valence electrons. The summed E-state index contributed by atoms with van der Waals surface area (Å²) >= 11 is 0. The van der Waals surface area contributed by atoms with E-state index in [1.807, 2.05) is 0 Å². The Morgan fingerprint density at radius 2 is 1.94 bits per heavy atom. The van der Waals surface area contributed by atoms with Crippen LogP contribution in [0.15, 0.2) is 29.1 Å². The number of nitrogens with zero attached hydrogens (tertiary/aromatic N) is 1. The summed E-state index contributed by atoms with van der Waals surface area (Å²) in [6.45, 7) is 3.49. The predicted octanol–water partition coefficient (Wildman–Crippen LogP) is 2.19. The van der Waals surface area contributed by atoms with Gasteiger partial charge in [0.05, 0.1) is 5.69 Å². The highest BCUT2D eigenvalue weighted by molar-refractivity contribution is 5.59. The number of aromatic amines is 1. The largest absolute Gasteiger partial charge is 0.311 e. The molecule has 1 heterocycles. The fraction of sp³-hybridized carbons (Fsp3) is 0.167. The van der Waals surface area contributed by atoms with Crippen molar-refractivity contribution in [1.29, 1.82) is 0 Å². The summed E-state index contributed by atoms with van der Waals surface area (Å²) in [7, 11) is 0. The molecule has 1 N–H and O–H groups in total. The van der Waals surface area contributed by atoms with Gasteiger partial charge in [0.15, 0.2) is 0 Å². The van der Waals surface area contributed by atoms with Crippen molar-refractivity contribution in [2.75, 3.05) is 0 Å². The van der Waals surface area contributed by atoms with Gasteiger partial charge in [-0.3, -0.25) is 4.79 Å². The van der Waals surface area contributed by atoms with Crippen molar-refractivity contribution in [3.63, 3.8) is 0 Å². The molecule has 1 aromatic carbocycles. The van der Waals surface area contributed by atoms with E-state index in [9.17, 15) is 9.18 Å². The molecule has 0 saturated heterocycles. The fourth-order valence-corrected chi connectivity index (χ4v) is 1.61. The van der Waals surface area contributed by atoms with E-state index in [2.05, 4.69) is 9.97 Å². The van der Waals surface area contributed by atoms with Crippen LogP contribution in [0.3, 0.4) is 0 Å². The van der Waals surface area contributed by atoms with E-state index in [4.69, 9.17) is 0 Å². The van der Waals surface area contributed by atoms with E-state index in [-0.39, 0.29) is 11.4 Å². The molecule has 0 aliphatic rings. The first-order chi connectivity index (χ1) is 7.54. The number of rotatable bonds is 1. The lowest BCUT2D eigenvalue weighted by Gasteiger charge is -2.03. The van der Waals surface area contributed by atoms with E-state index < -0.39 is 0 Å². The van der Waals surface area contributed by atoms with Gasteiger partial charge in [-0.25, -0.2) is 9.37 Å². The lowest BCUT2D eigenvalue weighted by Crippen LogP contribution is -2.08. The maximum absolute atomic E-state index is 13.2. The smallest absolute Gasteiger partial charge is 0.251 e. The summed E-state index contributed by atoms with van der Waals surface area (Å²) in [4.78, 5) is 18.0. The highest BCUT2D eigenvalue weighted by Crippen LogP contribution is 2.18. The van der Waals surface area contributed by atoms with Crippen LogP contribution in [0.1, 0.15) is 11.4 Å². The number of hydrogen-bond acceptors (Lipinski definition) is 2. The zero-order valence-electron chi connectivity index (χ0n) is 9.04. The summed E-state index contributed by atoms with van der Waals surface area (Å²) < 4.78 is 13.2. The standard InChI is InChI=1S/C12H11FN2O/c1-7-3-9(5-10(13)4-7)11-6-12(16)15-8(2)14-11/h3-6H,1-2H3,(H,14,15,16). The van der Waals surface area contributed by atoms with Gasteiger partial charge >= 0.3 is 0 Å². The van der Waals surface area contributed by atoms with Crippen LogP contribution < -0.4 is 5.56 Å². The third kappa shape index (κ3) is 2.16. The molecular weight excluding hydrogens is 207 g/mol. The van der Waals surface area contributed by atoms with Crippen molar-refractivity contribution in [2.24, 2.45) is 0 Å². The number of nitrogens with one attached hydrogen (secondary N) is 1. The molecule has 2 rings (SSSR count). The van der Waals surface area contributed by atoms with E-state index in [1.165, 1.54) is 18.2 Å². The summed E-state index contributed by atoms with van der Waals surface area (Å²) in [5, 5.41) is 0. The van der Waals surface area contributed by atoms with Crippen LogP contribution >= 0.6 is 0 Å². The first-order valence-electron chi connectivity index (χ1n) is 4.90. The SMILES string of the molecule is Cc1cc(F)cc(-c2cc(=O)[nH]c(C)n2)c1. The average molecular weight is 218 g/mol. The highest BCUT2D eigenvalue weighted by atomic mass is 19.1. The molecule has 4 heteroatoms. The van der Waals surface area contributed by atoms with Gasteiger partial charge in [0.25, 0.3) is 5.56 Å². The molecule has 0 fully saturated rings. The van der Waals surface area contributed by atoms with Crippen molar-refractivity contribution >= 4 is 0 Å². The quantitative estimate of drug-likeness (QED) is 0.797. The molecule has 0 radical (unpaired) electrons. The van der Waals surface area contributed by atoms with Crippen LogP contribution in [0.25, 0.3) is 11.3 Å². The molecule has 0 bridgehead atoms. The summed E-state index contributed by atoms with van der Waals surface area (Å²) in [6.07, 6.45) is 0. The Morgan fingerprint density at radius 1 is 1.19 bits per heavy atom. The third-order valence-corrected chi connectivity index (χ3v) is 2.20. The molecule has 1 aromatic heterocycles. The number of halogens is 1. The summed E-state index contributed by atoms with van der Waals surface area (Å²) in [5.74, 6) is 0.194. The second kappa shape index (κ2) is 3.89. The van der Waals surface area contributed by atoms with Gasteiger partial charge < -0.3 is 4.98 Å². The summed E-state index contributed by atoms with van der Waals surface area (Å²) in [6, 6.07) is 5.96. The van der Waals surface area contributed by atoms with Crippen LogP contribution in [0.2, 0.25) is 0 Å². The van der Waals surface area contributed by atoms with E-state index >= 15 is 0 Å². The van der Waals surface area contributed by atoms with Crippen molar-refractivity contribution in [3.05, 3.63) is 51.8 Å². The Kier molecular flexibility index (Phi) is 2.56. The highest BCUT2D eigenvalue weighted by Gasteiger charge is 2.04. The molecule has 0 saturated carbocycles. The Hall–Kier alpha value is -1.97. The van der Waals surface area contributed by atoms with E-state index in [0.717, 1.165) is 5.56 Å². The molecule has 0 amide bonds. The van der Waals surface area contributed by atoms with E-state index in [0.29, 0.717) is 17.1 Å². The normalized spacial score (nSPS) is 10.4. The number of hydrogen-bond donors (Lipinski definition) is 1. The van der Waals surface area contributed by atoms with Crippen LogP contribution in [0, 0.1) is 19.7 Å². The predicted molar refractivity (Wildman–Crippen MR) is 59.7 cm³/mol. The number of aryl methyl sites for hydroxylation is 2. The Labute approximate surface area is 92.0 Å².